The average molecular weight is 367 g/mol. The summed E-state index contributed by atoms with van der Waals surface area (Å²) < 4.78 is 45.9. The number of rotatable bonds is 4. The van der Waals surface area contributed by atoms with Crippen molar-refractivity contribution in [2.45, 2.75) is 19.0 Å². The van der Waals surface area contributed by atoms with E-state index in [-0.39, 0.29) is 11.5 Å². The Labute approximate surface area is 149 Å². The quantitative estimate of drug-likeness (QED) is 0.832. The lowest BCUT2D eigenvalue weighted by Crippen LogP contribution is -2.40. The second kappa shape index (κ2) is 7.39. The van der Waals surface area contributed by atoms with Crippen molar-refractivity contribution in [3.8, 4) is 5.75 Å². The zero-order chi connectivity index (χ0) is 18.7. The molecule has 1 aromatic carbocycles. The summed E-state index contributed by atoms with van der Waals surface area (Å²) in [6, 6.07) is 9.44. The van der Waals surface area contributed by atoms with Crippen molar-refractivity contribution in [1.82, 2.24) is 14.7 Å². The Hall–Kier alpha value is -2.51. The molecule has 0 saturated carbocycles. The van der Waals surface area contributed by atoms with E-state index in [1.165, 1.54) is 11.9 Å². The van der Waals surface area contributed by atoms with Crippen molar-refractivity contribution < 1.29 is 22.7 Å². The van der Waals surface area contributed by atoms with Gasteiger partial charge in [-0.2, -0.15) is 18.3 Å². The van der Waals surface area contributed by atoms with Gasteiger partial charge >= 0.3 is 6.18 Å². The molecule has 1 aliphatic heterocycles. The van der Waals surface area contributed by atoms with Gasteiger partial charge < -0.3 is 9.64 Å². The molecule has 0 bridgehead atoms. The molecule has 1 fully saturated rings. The van der Waals surface area contributed by atoms with E-state index in [1.54, 1.807) is 0 Å². The zero-order valence-electron chi connectivity index (χ0n) is 14.4. The first kappa shape index (κ1) is 18.3. The molecule has 2 heterocycles. The first-order valence-electron chi connectivity index (χ1n) is 8.42. The number of halogens is 3. The minimum absolute atomic E-state index is 0.273. The largest absolute Gasteiger partial charge is 0.493 e. The number of aromatic nitrogens is 2. The molecule has 8 heteroatoms. The van der Waals surface area contributed by atoms with Crippen LogP contribution in [-0.2, 0) is 13.2 Å². The van der Waals surface area contributed by atoms with Crippen LogP contribution >= 0.6 is 0 Å². The van der Waals surface area contributed by atoms with E-state index in [9.17, 15) is 18.0 Å². The molecule has 0 radical (unpaired) electrons. The Morgan fingerprint density at radius 3 is 2.50 bits per heavy atom. The molecule has 1 aromatic heterocycles. The lowest BCUT2D eigenvalue weighted by atomic mass is 9.97. The molecule has 0 aliphatic carbocycles. The number of hydrogen-bond donors (Lipinski definition) is 0. The second-order valence-corrected chi connectivity index (χ2v) is 6.39. The normalized spacial score (nSPS) is 15.9. The van der Waals surface area contributed by atoms with Gasteiger partial charge in [0.05, 0.1) is 18.4 Å². The predicted molar refractivity (Wildman–Crippen MR) is 88.8 cm³/mol. The maximum atomic E-state index is 13.1. The van der Waals surface area contributed by atoms with Crippen molar-refractivity contribution in [2.24, 2.45) is 13.0 Å². The van der Waals surface area contributed by atoms with Crippen LogP contribution in [-0.4, -0.2) is 40.3 Å². The summed E-state index contributed by atoms with van der Waals surface area (Å²) in [6.07, 6.45) is -2.23. The van der Waals surface area contributed by atoms with E-state index in [0.29, 0.717) is 37.2 Å². The van der Waals surface area contributed by atoms with Crippen LogP contribution in [0.2, 0.25) is 0 Å². The summed E-state index contributed by atoms with van der Waals surface area (Å²) in [4.78, 5) is 14.0. The Kier molecular flexibility index (Phi) is 5.20. The van der Waals surface area contributed by atoms with Gasteiger partial charge in [0.2, 0.25) is 0 Å². The fourth-order valence-electron chi connectivity index (χ4n) is 3.13. The highest BCUT2D eigenvalue weighted by Gasteiger charge is 2.40. The van der Waals surface area contributed by atoms with E-state index in [1.807, 2.05) is 30.3 Å². The number of likely N-dealkylation sites (tertiary alicyclic amines) is 1. The number of carbonyl (C=O) groups is 1. The molecule has 0 N–H and O–H groups in total. The smallest absolute Gasteiger partial charge is 0.433 e. The van der Waals surface area contributed by atoms with Gasteiger partial charge in [-0.25, -0.2) is 0 Å². The van der Waals surface area contributed by atoms with Crippen LogP contribution in [0.3, 0.4) is 0 Å². The number of para-hydroxylation sites is 1. The highest BCUT2D eigenvalue weighted by atomic mass is 19.4. The fourth-order valence-corrected chi connectivity index (χ4v) is 3.13. The minimum Gasteiger partial charge on any atom is -0.493 e. The monoisotopic (exact) mass is 367 g/mol. The summed E-state index contributed by atoms with van der Waals surface area (Å²) >= 11 is 0. The van der Waals surface area contributed by atoms with Crippen LogP contribution in [0.4, 0.5) is 13.2 Å². The first-order chi connectivity index (χ1) is 12.4. The number of benzene rings is 1. The third kappa shape index (κ3) is 4.00. The van der Waals surface area contributed by atoms with Crippen molar-refractivity contribution in [1.29, 1.82) is 0 Å². The molecular weight excluding hydrogens is 347 g/mol. The summed E-state index contributed by atoms with van der Waals surface area (Å²) in [7, 11) is 1.19. The molecule has 3 rings (SSSR count). The Bertz CT molecular complexity index is 751. The van der Waals surface area contributed by atoms with Crippen LogP contribution in [0.15, 0.2) is 36.5 Å². The van der Waals surface area contributed by atoms with Crippen LogP contribution in [0.1, 0.15) is 28.9 Å². The predicted octanol–water partition coefficient (Wildman–Crippen LogP) is 3.37. The van der Waals surface area contributed by atoms with Gasteiger partial charge in [-0.1, -0.05) is 18.2 Å². The molecule has 140 valence electrons. The molecule has 26 heavy (non-hydrogen) atoms. The highest BCUT2D eigenvalue weighted by molar-refractivity contribution is 5.95. The van der Waals surface area contributed by atoms with Crippen LogP contribution in [0, 0.1) is 5.92 Å². The Morgan fingerprint density at radius 2 is 1.88 bits per heavy atom. The van der Waals surface area contributed by atoms with Crippen molar-refractivity contribution in [3.05, 3.63) is 47.8 Å². The summed E-state index contributed by atoms with van der Waals surface area (Å²) in [5, 5.41) is 3.61. The zero-order valence-corrected chi connectivity index (χ0v) is 14.4. The van der Waals surface area contributed by atoms with Crippen LogP contribution < -0.4 is 4.74 Å². The third-order valence-corrected chi connectivity index (χ3v) is 4.57. The molecule has 2 aromatic rings. The number of piperidine rings is 1. The van der Waals surface area contributed by atoms with E-state index in [2.05, 4.69) is 5.10 Å². The second-order valence-electron chi connectivity index (χ2n) is 6.39. The highest BCUT2D eigenvalue weighted by Crippen LogP contribution is 2.32. The summed E-state index contributed by atoms with van der Waals surface area (Å²) in [5.74, 6) is 0.444. The van der Waals surface area contributed by atoms with Gasteiger partial charge in [-0.3, -0.25) is 9.48 Å². The molecular formula is C18H20F3N3O2. The molecule has 0 spiro atoms. The number of ether oxygens (including phenoxy) is 1. The molecule has 1 amide bonds. The number of alkyl halides is 3. The topological polar surface area (TPSA) is 47.4 Å². The minimum atomic E-state index is -4.61. The van der Waals surface area contributed by atoms with Gasteiger partial charge in [0.25, 0.3) is 5.91 Å². The number of carbonyl (C=O) groups excluding carboxylic acids is 1. The van der Waals surface area contributed by atoms with E-state index >= 15 is 0 Å². The number of amides is 1. The third-order valence-electron chi connectivity index (χ3n) is 4.57. The van der Waals surface area contributed by atoms with E-state index in [4.69, 9.17) is 4.74 Å². The SMILES string of the molecule is Cn1ncc(C(=O)N2CCC(COc3ccccc3)CC2)c1C(F)(F)F. The van der Waals surface area contributed by atoms with Gasteiger partial charge in [0.15, 0.2) is 5.69 Å². The van der Waals surface area contributed by atoms with Gasteiger partial charge in [0.1, 0.15) is 5.75 Å². The Morgan fingerprint density at radius 1 is 1.23 bits per heavy atom. The maximum absolute atomic E-state index is 13.1. The van der Waals surface area contributed by atoms with E-state index in [0.717, 1.165) is 11.9 Å². The number of nitrogens with zero attached hydrogens (tertiary/aromatic N) is 3. The van der Waals surface area contributed by atoms with Crippen molar-refractivity contribution in [3.63, 3.8) is 0 Å². The fraction of sp³-hybridized carbons (Fsp3) is 0.444. The lowest BCUT2D eigenvalue weighted by Gasteiger charge is -2.32. The van der Waals surface area contributed by atoms with Crippen molar-refractivity contribution in [2.75, 3.05) is 19.7 Å². The first-order valence-corrected chi connectivity index (χ1v) is 8.42. The number of hydrogen-bond acceptors (Lipinski definition) is 3. The van der Waals surface area contributed by atoms with E-state index < -0.39 is 17.8 Å². The summed E-state index contributed by atoms with van der Waals surface area (Å²) in [6.45, 7) is 1.36. The maximum Gasteiger partial charge on any atom is 0.433 e. The van der Waals surface area contributed by atoms with Gasteiger partial charge in [-0.15, -0.1) is 0 Å². The molecule has 0 atom stereocenters. The molecule has 1 aliphatic rings. The standard InChI is InChI=1S/C18H20F3N3O2/c1-23-16(18(19,20)21)15(11-22-23)17(25)24-9-7-13(8-10-24)12-26-14-5-3-2-4-6-14/h2-6,11,13H,7-10,12H2,1H3. The lowest BCUT2D eigenvalue weighted by molar-refractivity contribution is -0.144. The molecule has 5 nitrogen and oxygen atoms in total. The summed E-state index contributed by atoms with van der Waals surface area (Å²) in [5.41, 5.74) is -1.39. The Balaban J connectivity index is 1.58. The molecule has 1 saturated heterocycles. The van der Waals surface area contributed by atoms with Gasteiger partial charge in [0, 0.05) is 20.1 Å². The van der Waals surface area contributed by atoms with Gasteiger partial charge in [-0.05, 0) is 30.9 Å². The number of aryl methyl sites for hydroxylation is 1. The van der Waals surface area contributed by atoms with Crippen molar-refractivity contribution >= 4 is 5.91 Å². The van der Waals surface area contributed by atoms with Crippen LogP contribution in [0.5, 0.6) is 5.75 Å². The average Bonchev–Trinajstić information content (AvgIpc) is 3.02. The van der Waals surface area contributed by atoms with Crippen LogP contribution in [0.25, 0.3) is 0 Å². The molecule has 0 unspecified atom stereocenters.